The third-order valence-electron chi connectivity index (χ3n) is 4.41. The molecule has 1 unspecified atom stereocenters. The monoisotopic (exact) mass is 332 g/mol. The van der Waals surface area contributed by atoms with Crippen molar-refractivity contribution in [2.75, 3.05) is 32.1 Å². The van der Waals surface area contributed by atoms with E-state index in [1.807, 2.05) is 25.2 Å². The van der Waals surface area contributed by atoms with Crippen LogP contribution in [0.2, 0.25) is 0 Å². The number of esters is 1. The lowest BCUT2D eigenvalue weighted by Gasteiger charge is -2.17. The van der Waals surface area contributed by atoms with Crippen molar-refractivity contribution in [2.45, 2.75) is 38.2 Å². The predicted molar refractivity (Wildman–Crippen MR) is 90.1 cm³/mol. The van der Waals surface area contributed by atoms with E-state index >= 15 is 0 Å². The van der Waals surface area contributed by atoms with E-state index in [1.165, 1.54) is 0 Å². The minimum Gasteiger partial charge on any atom is -0.494 e. The fourth-order valence-electron chi connectivity index (χ4n) is 3.09. The lowest BCUT2D eigenvalue weighted by atomic mass is 10.0. The number of nitrogens with one attached hydrogen (secondary N) is 1. The largest absolute Gasteiger partial charge is 0.494 e. The molecule has 2 aliphatic heterocycles. The van der Waals surface area contributed by atoms with Gasteiger partial charge in [0, 0.05) is 31.6 Å². The zero-order chi connectivity index (χ0) is 16.9. The highest BCUT2D eigenvalue weighted by atomic mass is 16.5. The smallest absolute Gasteiger partial charge is 0.306 e. The summed E-state index contributed by atoms with van der Waals surface area (Å²) >= 11 is 0. The summed E-state index contributed by atoms with van der Waals surface area (Å²) in [6.45, 7) is 2.29. The Morgan fingerprint density at radius 3 is 3.04 bits per heavy atom. The van der Waals surface area contributed by atoms with Crippen LogP contribution in [-0.2, 0) is 20.7 Å². The summed E-state index contributed by atoms with van der Waals surface area (Å²) in [7, 11) is 2.03. The van der Waals surface area contributed by atoms with E-state index in [0.717, 1.165) is 42.9 Å². The lowest BCUT2D eigenvalue weighted by Crippen LogP contribution is -2.22. The van der Waals surface area contributed by atoms with Gasteiger partial charge in [-0.05, 0) is 50.1 Å². The van der Waals surface area contributed by atoms with Gasteiger partial charge in [0.1, 0.15) is 11.9 Å². The number of likely N-dealkylation sites (N-methyl/N-ethyl adjacent to an activating group) is 1. The van der Waals surface area contributed by atoms with Crippen molar-refractivity contribution in [3.05, 3.63) is 23.8 Å². The van der Waals surface area contributed by atoms with Gasteiger partial charge < -0.3 is 19.7 Å². The Morgan fingerprint density at radius 2 is 2.25 bits per heavy atom. The Labute approximate surface area is 142 Å². The Balaban J connectivity index is 1.37. The van der Waals surface area contributed by atoms with E-state index in [2.05, 4.69) is 10.2 Å². The molecule has 24 heavy (non-hydrogen) atoms. The van der Waals surface area contributed by atoms with E-state index < -0.39 is 0 Å². The fourth-order valence-corrected chi connectivity index (χ4v) is 3.09. The number of fused-ring (bicyclic) bond motifs is 1. The van der Waals surface area contributed by atoms with Crippen molar-refractivity contribution >= 4 is 17.6 Å². The molecule has 1 aromatic rings. The van der Waals surface area contributed by atoms with Gasteiger partial charge in [-0.3, -0.25) is 9.59 Å². The third kappa shape index (κ3) is 4.47. The molecule has 0 aromatic heterocycles. The van der Waals surface area contributed by atoms with Crippen molar-refractivity contribution in [3.63, 3.8) is 0 Å². The topological polar surface area (TPSA) is 67.9 Å². The molecular weight excluding hydrogens is 308 g/mol. The normalized spacial score (nSPS) is 20.4. The van der Waals surface area contributed by atoms with Crippen molar-refractivity contribution in [2.24, 2.45) is 0 Å². The first-order valence-electron chi connectivity index (χ1n) is 8.54. The number of aryl methyl sites for hydroxylation is 1. The van der Waals surface area contributed by atoms with Gasteiger partial charge >= 0.3 is 5.97 Å². The highest BCUT2D eigenvalue weighted by Gasteiger charge is 2.22. The van der Waals surface area contributed by atoms with Gasteiger partial charge in [-0.15, -0.1) is 0 Å². The van der Waals surface area contributed by atoms with E-state index in [9.17, 15) is 9.59 Å². The Kier molecular flexibility index (Phi) is 5.35. The summed E-state index contributed by atoms with van der Waals surface area (Å²) in [4.78, 5) is 25.3. The summed E-state index contributed by atoms with van der Waals surface area (Å²) < 4.78 is 11.1. The summed E-state index contributed by atoms with van der Waals surface area (Å²) in [6, 6.07) is 5.67. The molecule has 0 radical (unpaired) electrons. The molecule has 0 spiro atoms. The van der Waals surface area contributed by atoms with Crippen LogP contribution in [0, 0.1) is 0 Å². The second-order valence-corrected chi connectivity index (χ2v) is 6.48. The minimum absolute atomic E-state index is 0.0410. The molecule has 3 rings (SSSR count). The molecule has 1 fully saturated rings. The highest BCUT2D eigenvalue weighted by Crippen LogP contribution is 2.26. The highest BCUT2D eigenvalue weighted by molar-refractivity contribution is 5.93. The first-order chi connectivity index (χ1) is 11.6. The van der Waals surface area contributed by atoms with Crippen LogP contribution in [0.3, 0.4) is 0 Å². The van der Waals surface area contributed by atoms with Crippen LogP contribution in [0.1, 0.15) is 31.2 Å². The fraction of sp³-hybridized carbons (Fsp3) is 0.556. The van der Waals surface area contributed by atoms with Gasteiger partial charge in [0.15, 0.2) is 0 Å². The van der Waals surface area contributed by atoms with Gasteiger partial charge in [-0.1, -0.05) is 0 Å². The quantitative estimate of drug-likeness (QED) is 0.637. The maximum Gasteiger partial charge on any atom is 0.306 e. The summed E-state index contributed by atoms with van der Waals surface area (Å²) in [5, 5.41) is 2.85. The molecule has 1 N–H and O–H groups in total. The van der Waals surface area contributed by atoms with E-state index in [4.69, 9.17) is 9.47 Å². The second kappa shape index (κ2) is 7.66. The zero-order valence-corrected chi connectivity index (χ0v) is 14.0. The Bertz CT molecular complexity index is 617. The second-order valence-electron chi connectivity index (χ2n) is 6.48. The van der Waals surface area contributed by atoms with Crippen LogP contribution in [0.15, 0.2) is 18.2 Å². The lowest BCUT2D eigenvalue weighted by molar-refractivity contribution is -0.148. The average Bonchev–Trinajstić information content (AvgIpc) is 2.96. The zero-order valence-electron chi connectivity index (χ0n) is 14.0. The molecule has 1 saturated heterocycles. The first kappa shape index (κ1) is 16.8. The molecule has 1 atom stereocenters. The van der Waals surface area contributed by atoms with Crippen LogP contribution in [-0.4, -0.2) is 49.6 Å². The maximum atomic E-state index is 11.8. The van der Waals surface area contributed by atoms with E-state index in [1.54, 1.807) is 0 Å². The minimum atomic E-state index is -0.146. The third-order valence-corrected chi connectivity index (χ3v) is 4.41. The molecule has 130 valence electrons. The first-order valence-corrected chi connectivity index (χ1v) is 8.54. The molecule has 6 heteroatoms. The number of anilines is 1. The van der Waals surface area contributed by atoms with Crippen LogP contribution in [0.25, 0.3) is 0 Å². The number of carbonyl (C=O) groups is 2. The van der Waals surface area contributed by atoms with Gasteiger partial charge in [-0.25, -0.2) is 0 Å². The number of hydrogen-bond donors (Lipinski definition) is 1. The Hall–Kier alpha value is -2.08. The molecule has 0 bridgehead atoms. The number of hydrogen-bond acceptors (Lipinski definition) is 5. The van der Waals surface area contributed by atoms with Crippen molar-refractivity contribution in [1.82, 2.24) is 4.90 Å². The number of rotatable bonds is 6. The van der Waals surface area contributed by atoms with Gasteiger partial charge in [-0.2, -0.15) is 0 Å². The number of carbonyl (C=O) groups excluding carboxylic acids is 2. The van der Waals surface area contributed by atoms with Crippen molar-refractivity contribution in [3.8, 4) is 5.75 Å². The van der Waals surface area contributed by atoms with Crippen LogP contribution in [0.4, 0.5) is 5.69 Å². The molecule has 1 amide bonds. The van der Waals surface area contributed by atoms with Gasteiger partial charge in [0.05, 0.1) is 6.61 Å². The molecule has 1 aromatic carbocycles. The van der Waals surface area contributed by atoms with Crippen molar-refractivity contribution < 1.29 is 19.1 Å². The number of ether oxygens (including phenoxy) is 2. The molecular formula is C18H24N2O4. The molecule has 2 heterocycles. The molecule has 0 aliphatic carbocycles. The Morgan fingerprint density at radius 1 is 1.38 bits per heavy atom. The SMILES string of the molecule is CN1CCC(OC(=O)CCCOc2ccc3c(c2)CCC(=O)N3)C1. The summed E-state index contributed by atoms with van der Waals surface area (Å²) in [5.74, 6) is 0.686. The number of benzene rings is 1. The van der Waals surface area contributed by atoms with Gasteiger partial charge in [0.2, 0.25) is 5.91 Å². The summed E-state index contributed by atoms with van der Waals surface area (Å²) in [6.07, 6.45) is 3.22. The maximum absolute atomic E-state index is 11.8. The predicted octanol–water partition coefficient (Wildman–Crippen LogP) is 1.98. The van der Waals surface area contributed by atoms with Crippen molar-refractivity contribution in [1.29, 1.82) is 0 Å². The average molecular weight is 332 g/mol. The van der Waals surface area contributed by atoms with Crippen LogP contribution >= 0.6 is 0 Å². The number of likely N-dealkylation sites (tertiary alicyclic amines) is 1. The molecule has 6 nitrogen and oxygen atoms in total. The van der Waals surface area contributed by atoms with Gasteiger partial charge in [0.25, 0.3) is 0 Å². The van der Waals surface area contributed by atoms with Crippen LogP contribution < -0.4 is 10.1 Å². The number of nitrogens with zero attached hydrogens (tertiary/aromatic N) is 1. The standard InChI is InChI=1S/C18H24N2O4/c1-20-9-8-15(12-20)24-18(22)3-2-10-23-14-5-6-16-13(11-14)4-7-17(21)19-16/h5-6,11,15H,2-4,7-10,12H2,1H3,(H,19,21). The molecule has 0 saturated carbocycles. The van der Waals surface area contributed by atoms with Crippen LogP contribution in [0.5, 0.6) is 5.75 Å². The summed E-state index contributed by atoms with van der Waals surface area (Å²) in [5.41, 5.74) is 1.96. The van der Waals surface area contributed by atoms with E-state index in [0.29, 0.717) is 25.9 Å². The van der Waals surface area contributed by atoms with E-state index in [-0.39, 0.29) is 18.0 Å². The molecule has 2 aliphatic rings. The number of amides is 1.